The Morgan fingerprint density at radius 2 is 2.00 bits per heavy atom. The van der Waals surface area contributed by atoms with E-state index in [0.717, 1.165) is 17.7 Å². The summed E-state index contributed by atoms with van der Waals surface area (Å²) in [5, 5.41) is 2.91. The van der Waals surface area contributed by atoms with E-state index in [1.54, 1.807) is 4.90 Å². The van der Waals surface area contributed by atoms with Crippen LogP contribution in [-0.2, 0) is 16.3 Å². The first-order valence-corrected chi connectivity index (χ1v) is 9.79. The van der Waals surface area contributed by atoms with Crippen molar-refractivity contribution in [3.05, 3.63) is 29.8 Å². The van der Waals surface area contributed by atoms with Gasteiger partial charge in [-0.2, -0.15) is 0 Å². The third-order valence-corrected chi connectivity index (χ3v) is 6.50. The third kappa shape index (κ3) is 3.35. The Bertz CT molecular complexity index is 704. The highest BCUT2D eigenvalue weighted by molar-refractivity contribution is 7.91. The molecule has 23 heavy (non-hydrogen) atoms. The number of hydrogen-bond donors (Lipinski definition) is 1. The third-order valence-electron chi connectivity index (χ3n) is 4.80. The van der Waals surface area contributed by atoms with E-state index in [2.05, 4.69) is 17.1 Å². The normalized spacial score (nSPS) is 26.8. The minimum atomic E-state index is -3.08. The number of fused-ring (bicyclic) bond motifs is 1. The molecular weight excluding hydrogens is 314 g/mol. The Hall–Kier alpha value is -1.60. The molecule has 0 saturated carbocycles. The summed E-state index contributed by atoms with van der Waals surface area (Å²) in [4.78, 5) is 16.4. The van der Waals surface area contributed by atoms with Crippen molar-refractivity contribution in [3.63, 3.8) is 0 Å². The number of nitrogens with zero attached hydrogens (tertiary/aromatic N) is 2. The summed E-state index contributed by atoms with van der Waals surface area (Å²) in [5.41, 5.74) is 1.91. The quantitative estimate of drug-likeness (QED) is 0.880. The molecule has 0 unspecified atom stereocenters. The van der Waals surface area contributed by atoms with Gasteiger partial charge in [0.15, 0.2) is 9.84 Å². The Balaban J connectivity index is 1.76. The predicted molar refractivity (Wildman–Crippen MR) is 90.4 cm³/mol. The van der Waals surface area contributed by atoms with Gasteiger partial charge in [-0.3, -0.25) is 4.90 Å². The average molecular weight is 337 g/mol. The molecule has 1 aromatic rings. The molecule has 0 spiro atoms. The van der Waals surface area contributed by atoms with E-state index >= 15 is 0 Å². The fraction of sp³-hybridized carbons (Fsp3) is 0.562. The first-order valence-electron chi connectivity index (χ1n) is 7.97. The lowest BCUT2D eigenvalue weighted by molar-refractivity contribution is 0.0893. The van der Waals surface area contributed by atoms with E-state index in [1.165, 1.54) is 0 Å². The molecule has 1 N–H and O–H groups in total. The van der Waals surface area contributed by atoms with Gasteiger partial charge in [0.2, 0.25) is 0 Å². The molecule has 2 atom stereocenters. The highest BCUT2D eigenvalue weighted by Crippen LogP contribution is 2.26. The molecule has 7 heteroatoms. The molecule has 2 amide bonds. The number of sulfone groups is 1. The molecule has 2 aliphatic heterocycles. The largest absolute Gasteiger partial charge is 0.322 e. The molecule has 0 radical (unpaired) electrons. The zero-order valence-electron chi connectivity index (χ0n) is 13.5. The van der Waals surface area contributed by atoms with Gasteiger partial charge < -0.3 is 10.2 Å². The molecule has 1 aromatic carbocycles. The molecule has 2 heterocycles. The number of hydrogen-bond acceptors (Lipinski definition) is 4. The monoisotopic (exact) mass is 337 g/mol. The van der Waals surface area contributed by atoms with Gasteiger partial charge in [-0.1, -0.05) is 19.1 Å². The number of anilines is 1. The Morgan fingerprint density at radius 3 is 2.74 bits per heavy atom. The van der Waals surface area contributed by atoms with Gasteiger partial charge >= 0.3 is 6.03 Å². The van der Waals surface area contributed by atoms with Crippen LogP contribution in [-0.4, -0.2) is 68.0 Å². The Kier molecular flexibility index (Phi) is 4.33. The second-order valence-electron chi connectivity index (χ2n) is 6.37. The van der Waals surface area contributed by atoms with Crippen LogP contribution in [0.5, 0.6) is 0 Å². The maximum atomic E-state index is 12.6. The lowest BCUT2D eigenvalue weighted by atomic mass is 10.1. The van der Waals surface area contributed by atoms with Crippen molar-refractivity contribution in [2.24, 2.45) is 0 Å². The number of carbonyl (C=O) groups is 1. The van der Waals surface area contributed by atoms with Crippen LogP contribution < -0.4 is 5.32 Å². The highest BCUT2D eigenvalue weighted by atomic mass is 32.2. The number of carbonyl (C=O) groups excluding carboxylic acids is 1. The van der Waals surface area contributed by atoms with Crippen molar-refractivity contribution in [3.8, 4) is 0 Å². The van der Waals surface area contributed by atoms with E-state index in [4.69, 9.17) is 0 Å². The fourth-order valence-corrected chi connectivity index (χ4v) is 5.50. The molecule has 2 aliphatic rings. The minimum absolute atomic E-state index is 0.0599. The zero-order valence-corrected chi connectivity index (χ0v) is 14.3. The first kappa shape index (κ1) is 16.3. The molecule has 0 aliphatic carbocycles. The number of benzene rings is 1. The summed E-state index contributed by atoms with van der Waals surface area (Å²) < 4.78 is 23.9. The smallest absolute Gasteiger partial charge is 0.318 e. The molecule has 2 fully saturated rings. The summed E-state index contributed by atoms with van der Waals surface area (Å²) in [6.45, 7) is 3.31. The van der Waals surface area contributed by atoms with Gasteiger partial charge in [0.25, 0.3) is 0 Å². The van der Waals surface area contributed by atoms with Crippen LogP contribution in [0.2, 0.25) is 0 Å². The topological polar surface area (TPSA) is 69.7 Å². The van der Waals surface area contributed by atoms with E-state index in [-0.39, 0.29) is 29.6 Å². The summed E-state index contributed by atoms with van der Waals surface area (Å²) in [7, 11) is -1.15. The van der Waals surface area contributed by atoms with Crippen LogP contribution in [0.1, 0.15) is 12.5 Å². The van der Waals surface area contributed by atoms with Crippen molar-refractivity contribution >= 4 is 21.6 Å². The van der Waals surface area contributed by atoms with Crippen LogP contribution in [0.25, 0.3) is 0 Å². The Morgan fingerprint density at radius 1 is 1.26 bits per heavy atom. The van der Waals surface area contributed by atoms with Crippen LogP contribution in [0.15, 0.2) is 24.3 Å². The standard InChI is InChI=1S/C16H23N3O3S/c1-3-12-5-4-6-13(9-12)17-16(20)19-8-7-18(2)14-10-23(21,22)11-15(14)19/h4-6,9,14-15H,3,7-8,10-11H2,1-2H3,(H,17,20)/t14-,15+/m1/s1. The van der Waals surface area contributed by atoms with Crippen LogP contribution in [0, 0.1) is 0 Å². The number of nitrogens with one attached hydrogen (secondary N) is 1. The lowest BCUT2D eigenvalue weighted by Gasteiger charge is -2.42. The first-order chi connectivity index (χ1) is 10.9. The van der Waals surface area contributed by atoms with Crippen LogP contribution >= 0.6 is 0 Å². The number of likely N-dealkylation sites (N-methyl/N-ethyl adjacent to an activating group) is 1. The molecular formula is C16H23N3O3S. The van der Waals surface area contributed by atoms with E-state index in [0.29, 0.717) is 13.1 Å². The van der Waals surface area contributed by atoms with Gasteiger partial charge in [0.1, 0.15) is 0 Å². The highest BCUT2D eigenvalue weighted by Gasteiger charge is 2.46. The van der Waals surface area contributed by atoms with Crippen molar-refractivity contribution in [1.82, 2.24) is 9.80 Å². The van der Waals surface area contributed by atoms with Crippen LogP contribution in [0.4, 0.5) is 10.5 Å². The number of amides is 2. The maximum absolute atomic E-state index is 12.6. The number of rotatable bonds is 2. The molecule has 6 nitrogen and oxygen atoms in total. The Labute approximate surface area is 137 Å². The summed E-state index contributed by atoms with van der Waals surface area (Å²) in [6, 6.07) is 7.19. The summed E-state index contributed by atoms with van der Waals surface area (Å²) in [5.74, 6) is 0.202. The summed E-state index contributed by atoms with van der Waals surface area (Å²) >= 11 is 0. The predicted octanol–water partition coefficient (Wildman–Crippen LogP) is 1.19. The average Bonchev–Trinajstić information content (AvgIpc) is 2.83. The number of urea groups is 1. The van der Waals surface area contributed by atoms with Gasteiger partial charge in [-0.25, -0.2) is 13.2 Å². The van der Waals surface area contributed by atoms with E-state index in [9.17, 15) is 13.2 Å². The summed E-state index contributed by atoms with van der Waals surface area (Å²) in [6.07, 6.45) is 0.904. The molecule has 3 rings (SSSR count). The van der Waals surface area contributed by atoms with Crippen molar-refractivity contribution < 1.29 is 13.2 Å². The second-order valence-corrected chi connectivity index (χ2v) is 8.52. The number of piperazine rings is 1. The maximum Gasteiger partial charge on any atom is 0.322 e. The van der Waals surface area contributed by atoms with E-state index < -0.39 is 9.84 Å². The number of aryl methyl sites for hydroxylation is 1. The van der Waals surface area contributed by atoms with Crippen molar-refractivity contribution in [1.29, 1.82) is 0 Å². The lowest BCUT2D eigenvalue weighted by Crippen LogP contribution is -2.60. The SMILES string of the molecule is CCc1cccc(NC(=O)N2CCN(C)[C@@H]3CS(=O)(=O)C[C@@H]32)c1. The van der Waals surface area contributed by atoms with Crippen molar-refractivity contribution in [2.75, 3.05) is 37.0 Å². The fourth-order valence-electron chi connectivity index (χ4n) is 3.44. The van der Waals surface area contributed by atoms with E-state index in [1.807, 2.05) is 31.3 Å². The molecule has 126 valence electrons. The molecule has 0 bridgehead atoms. The minimum Gasteiger partial charge on any atom is -0.318 e. The molecule has 2 saturated heterocycles. The van der Waals surface area contributed by atoms with Crippen LogP contribution in [0.3, 0.4) is 0 Å². The van der Waals surface area contributed by atoms with Gasteiger partial charge in [-0.15, -0.1) is 0 Å². The second kappa shape index (κ2) is 6.13. The van der Waals surface area contributed by atoms with Gasteiger partial charge in [0.05, 0.1) is 17.5 Å². The van der Waals surface area contributed by atoms with Crippen molar-refractivity contribution in [2.45, 2.75) is 25.4 Å². The molecule has 0 aromatic heterocycles. The van der Waals surface area contributed by atoms with Gasteiger partial charge in [0, 0.05) is 24.8 Å². The zero-order chi connectivity index (χ0) is 16.6. The van der Waals surface area contributed by atoms with Gasteiger partial charge in [-0.05, 0) is 31.2 Å².